The van der Waals surface area contributed by atoms with E-state index in [4.69, 9.17) is 0 Å². The van der Waals surface area contributed by atoms with Gasteiger partial charge in [0.2, 0.25) is 0 Å². The topological polar surface area (TPSA) is 38.7 Å². The zero-order chi connectivity index (χ0) is 28.2. The number of hydrogen-bond donors (Lipinski definition) is 0. The van der Waals surface area contributed by atoms with Gasteiger partial charge in [-0.15, -0.1) is 107 Å². The third-order valence-corrected chi connectivity index (χ3v) is 6.16. The van der Waals surface area contributed by atoms with E-state index in [0.717, 1.165) is 33.8 Å². The molecule has 0 aliphatic rings. The fraction of sp³-hybridized carbons (Fsp3) is 0.108. The van der Waals surface area contributed by atoms with E-state index in [1.165, 1.54) is 22.3 Å². The third kappa shape index (κ3) is 9.72. The van der Waals surface area contributed by atoms with Crippen LogP contribution >= 0.6 is 0 Å². The van der Waals surface area contributed by atoms with Crippen LogP contribution in [0.4, 0.5) is 0 Å². The Morgan fingerprint density at radius 3 is 1.63 bits per heavy atom. The predicted octanol–water partition coefficient (Wildman–Crippen LogP) is 8.88. The molecule has 0 spiro atoms. The van der Waals surface area contributed by atoms with Gasteiger partial charge in [-0.3, -0.25) is 0 Å². The molecule has 0 saturated heterocycles. The maximum Gasteiger partial charge on any atom is 3.00 e. The summed E-state index contributed by atoms with van der Waals surface area (Å²) in [6.45, 7) is 8.27. The summed E-state index contributed by atoms with van der Waals surface area (Å²) >= 11 is 0. The van der Waals surface area contributed by atoms with Crippen LogP contribution in [0, 0.1) is 45.9 Å². The van der Waals surface area contributed by atoms with Crippen molar-refractivity contribution in [1.29, 1.82) is 0 Å². The van der Waals surface area contributed by atoms with Crippen molar-refractivity contribution in [2.45, 2.75) is 27.7 Å². The number of aromatic nitrogens is 3. The van der Waals surface area contributed by atoms with Crippen molar-refractivity contribution in [2.24, 2.45) is 0 Å². The first kappa shape index (κ1) is 31.3. The minimum Gasteiger partial charge on any atom is -0.305 e. The molecule has 0 unspecified atom stereocenters. The van der Waals surface area contributed by atoms with Crippen molar-refractivity contribution in [3.8, 4) is 33.8 Å². The number of aryl methyl sites for hydroxylation is 4. The predicted molar refractivity (Wildman–Crippen MR) is 164 cm³/mol. The van der Waals surface area contributed by atoms with E-state index < -0.39 is 0 Å². The van der Waals surface area contributed by atoms with Crippen LogP contribution in [0.3, 0.4) is 0 Å². The van der Waals surface area contributed by atoms with Gasteiger partial charge in [0.05, 0.1) is 0 Å². The average Bonchev–Trinajstić information content (AvgIpc) is 3.01. The Morgan fingerprint density at radius 1 is 0.488 bits per heavy atom. The van der Waals surface area contributed by atoms with Crippen molar-refractivity contribution in [3.63, 3.8) is 0 Å². The summed E-state index contributed by atoms with van der Waals surface area (Å²) in [5, 5.41) is 0. The van der Waals surface area contributed by atoms with Gasteiger partial charge in [0.25, 0.3) is 0 Å². The molecule has 0 N–H and O–H groups in total. The number of nitrogens with zero attached hydrogens (tertiary/aromatic N) is 3. The molecule has 41 heavy (non-hydrogen) atoms. The first-order valence-electron chi connectivity index (χ1n) is 13.2. The van der Waals surface area contributed by atoms with Gasteiger partial charge in [0.1, 0.15) is 0 Å². The normalized spacial score (nSPS) is 9.76. The molecule has 6 aromatic rings. The van der Waals surface area contributed by atoms with E-state index >= 15 is 0 Å². The first-order chi connectivity index (χ1) is 19.5. The van der Waals surface area contributed by atoms with Crippen LogP contribution in [-0.2, 0) is 20.1 Å². The monoisotopic (exact) mass is 711 g/mol. The molecule has 0 aliphatic heterocycles. The zero-order valence-electron chi connectivity index (χ0n) is 23.7. The maximum atomic E-state index is 4.38. The molecule has 3 aromatic heterocycles. The molecule has 204 valence electrons. The van der Waals surface area contributed by atoms with E-state index in [1.54, 1.807) is 6.20 Å². The molecular formula is C37H32IrN3. The zero-order valence-corrected chi connectivity index (χ0v) is 26.1. The Labute approximate surface area is 257 Å². The van der Waals surface area contributed by atoms with Crippen molar-refractivity contribution in [3.05, 3.63) is 162 Å². The standard InChI is InChI=1S/2C13H12N.C11H8N.Ir/c1-10-3-6-12(7-4-10)13-8-5-11(2)9-14-13;1-10-8-13(14-9-11(10)2)12-6-4-3-5-7-12;1-2-6-10(7-3-1)11-8-4-5-9-12-11;/h2*3-6,8-9H,1-2H3;1-6,8-9H;/q3*-1;+3. The summed E-state index contributed by atoms with van der Waals surface area (Å²) in [5.74, 6) is 0. The van der Waals surface area contributed by atoms with Crippen LogP contribution < -0.4 is 0 Å². The Bertz CT molecular complexity index is 1500. The number of pyridine rings is 3. The molecule has 3 aromatic carbocycles. The van der Waals surface area contributed by atoms with Gasteiger partial charge >= 0.3 is 20.1 Å². The van der Waals surface area contributed by atoms with Gasteiger partial charge in [0.15, 0.2) is 0 Å². The number of rotatable bonds is 3. The molecule has 0 radical (unpaired) electrons. The molecular weight excluding hydrogens is 679 g/mol. The van der Waals surface area contributed by atoms with Gasteiger partial charge < -0.3 is 15.0 Å². The van der Waals surface area contributed by atoms with E-state index in [1.807, 2.05) is 104 Å². The van der Waals surface area contributed by atoms with E-state index in [9.17, 15) is 0 Å². The van der Waals surface area contributed by atoms with E-state index in [-0.39, 0.29) is 20.1 Å². The summed E-state index contributed by atoms with van der Waals surface area (Å²) in [5.41, 5.74) is 11.0. The first-order valence-corrected chi connectivity index (χ1v) is 13.2. The molecule has 0 fully saturated rings. The molecule has 0 bridgehead atoms. The second-order valence-electron chi connectivity index (χ2n) is 9.42. The Hall–Kier alpha value is -4.24. The molecule has 3 heterocycles. The van der Waals surface area contributed by atoms with Gasteiger partial charge in [-0.25, -0.2) is 0 Å². The van der Waals surface area contributed by atoms with Crippen molar-refractivity contribution in [1.82, 2.24) is 15.0 Å². The third-order valence-electron chi connectivity index (χ3n) is 6.16. The molecule has 6 rings (SSSR count). The van der Waals surface area contributed by atoms with Crippen molar-refractivity contribution < 1.29 is 20.1 Å². The smallest absolute Gasteiger partial charge is 0.305 e. The second kappa shape index (κ2) is 16.1. The molecule has 0 atom stereocenters. The molecule has 0 amide bonds. The van der Waals surface area contributed by atoms with Crippen LogP contribution in [0.5, 0.6) is 0 Å². The Balaban J connectivity index is 0.000000168. The number of hydrogen-bond acceptors (Lipinski definition) is 3. The largest absolute Gasteiger partial charge is 3.00 e. The van der Waals surface area contributed by atoms with Crippen molar-refractivity contribution in [2.75, 3.05) is 0 Å². The van der Waals surface area contributed by atoms with Crippen LogP contribution in [0.15, 0.2) is 122 Å². The van der Waals surface area contributed by atoms with Gasteiger partial charge in [-0.1, -0.05) is 42.8 Å². The summed E-state index contributed by atoms with van der Waals surface area (Å²) in [6.07, 6.45) is 5.57. The van der Waals surface area contributed by atoms with E-state index in [2.05, 4.69) is 72.1 Å². The number of benzene rings is 3. The molecule has 0 aliphatic carbocycles. The van der Waals surface area contributed by atoms with Crippen LogP contribution in [0.1, 0.15) is 22.3 Å². The quantitative estimate of drug-likeness (QED) is 0.172. The summed E-state index contributed by atoms with van der Waals surface area (Å²) in [6, 6.07) is 43.4. The summed E-state index contributed by atoms with van der Waals surface area (Å²) in [7, 11) is 0. The summed E-state index contributed by atoms with van der Waals surface area (Å²) < 4.78 is 0. The fourth-order valence-electron chi connectivity index (χ4n) is 3.69. The Kier molecular flexibility index (Phi) is 12.3. The van der Waals surface area contributed by atoms with Crippen LogP contribution in [0.25, 0.3) is 33.8 Å². The minimum absolute atomic E-state index is 0. The SMILES string of the molecule is Cc1c[c-]c(-c2ccc(C)cn2)cc1.Cc1cnc(-c2[c-]cccc2)cc1C.[Ir+3].[c-]1ccccc1-c1ccccn1. The van der Waals surface area contributed by atoms with Gasteiger partial charge in [0, 0.05) is 18.6 Å². The van der Waals surface area contributed by atoms with Gasteiger partial charge in [-0.05, 0) is 55.0 Å². The Morgan fingerprint density at radius 2 is 1.10 bits per heavy atom. The molecule has 4 heteroatoms. The van der Waals surface area contributed by atoms with Crippen LogP contribution in [0.2, 0.25) is 0 Å². The van der Waals surface area contributed by atoms with Crippen LogP contribution in [-0.4, -0.2) is 15.0 Å². The second-order valence-corrected chi connectivity index (χ2v) is 9.42. The van der Waals surface area contributed by atoms with Crippen molar-refractivity contribution >= 4 is 0 Å². The molecule has 0 saturated carbocycles. The maximum absolute atomic E-state index is 4.38. The summed E-state index contributed by atoms with van der Waals surface area (Å²) in [4.78, 5) is 12.9. The minimum atomic E-state index is 0. The average molecular weight is 711 g/mol. The van der Waals surface area contributed by atoms with E-state index in [0.29, 0.717) is 0 Å². The van der Waals surface area contributed by atoms with Gasteiger partial charge in [-0.2, -0.15) is 0 Å². The molecule has 3 nitrogen and oxygen atoms in total. The fourth-order valence-corrected chi connectivity index (χ4v) is 3.69.